The van der Waals surface area contributed by atoms with E-state index in [1.807, 2.05) is 31.2 Å². The van der Waals surface area contributed by atoms with Gasteiger partial charge in [0.15, 0.2) is 5.78 Å². The molecule has 2 aromatic carbocycles. The van der Waals surface area contributed by atoms with Crippen LogP contribution in [0, 0.1) is 11.2 Å². The van der Waals surface area contributed by atoms with Gasteiger partial charge in [-0.2, -0.15) is 0 Å². The fraction of sp³-hybridized carbons (Fsp3) is 0.483. The summed E-state index contributed by atoms with van der Waals surface area (Å²) in [6, 6.07) is 11.5. The normalized spacial score (nSPS) is 14.4. The van der Waals surface area contributed by atoms with Crippen LogP contribution in [-0.4, -0.2) is 60.2 Å². The van der Waals surface area contributed by atoms with E-state index < -0.39 is 11.8 Å². The Kier molecular flexibility index (Phi) is 9.80. The van der Waals surface area contributed by atoms with Crippen molar-refractivity contribution in [2.75, 3.05) is 38.0 Å². The zero-order valence-electron chi connectivity index (χ0n) is 22.4. The summed E-state index contributed by atoms with van der Waals surface area (Å²) in [5, 5.41) is 5.16. The first-order valence-corrected chi connectivity index (χ1v) is 13.0. The smallest absolute Gasteiger partial charge is 0.319 e. The highest BCUT2D eigenvalue weighted by Gasteiger charge is 2.24. The van der Waals surface area contributed by atoms with Gasteiger partial charge in [0.1, 0.15) is 5.82 Å². The second-order valence-corrected chi connectivity index (χ2v) is 10.9. The number of hydrogen-bond donors (Lipinski definition) is 2. The molecule has 0 bridgehead atoms. The number of benzene rings is 2. The van der Waals surface area contributed by atoms with Crippen molar-refractivity contribution < 1.29 is 18.8 Å². The number of hydrogen-bond acceptors (Lipinski definition) is 4. The summed E-state index contributed by atoms with van der Waals surface area (Å²) in [5.74, 6) is -0.723. The molecule has 1 saturated heterocycles. The second-order valence-electron chi connectivity index (χ2n) is 10.9. The molecule has 0 atom stereocenters. The lowest BCUT2D eigenvalue weighted by atomic mass is 9.87. The third-order valence-electron chi connectivity index (χ3n) is 6.29. The predicted molar refractivity (Wildman–Crippen MR) is 144 cm³/mol. The van der Waals surface area contributed by atoms with Crippen molar-refractivity contribution in [1.82, 2.24) is 15.1 Å². The Hall–Kier alpha value is -3.26. The molecule has 200 valence electrons. The molecule has 3 rings (SSSR count). The fourth-order valence-corrected chi connectivity index (χ4v) is 4.27. The Morgan fingerprint density at radius 2 is 1.70 bits per heavy atom. The van der Waals surface area contributed by atoms with Gasteiger partial charge >= 0.3 is 6.03 Å². The van der Waals surface area contributed by atoms with Gasteiger partial charge < -0.3 is 15.5 Å². The van der Waals surface area contributed by atoms with Crippen molar-refractivity contribution in [2.24, 2.45) is 5.41 Å². The number of amides is 3. The molecule has 37 heavy (non-hydrogen) atoms. The van der Waals surface area contributed by atoms with Gasteiger partial charge in [-0.05, 0) is 41.7 Å². The highest BCUT2D eigenvalue weighted by Crippen LogP contribution is 2.23. The highest BCUT2D eigenvalue weighted by atomic mass is 19.1. The number of urea groups is 1. The number of Topliss-reactive ketones (excluding diaryl/α,β-unsaturated/α-hetero) is 1. The first-order chi connectivity index (χ1) is 17.6. The summed E-state index contributed by atoms with van der Waals surface area (Å²) >= 11 is 0. The molecule has 8 heteroatoms. The minimum absolute atomic E-state index is 0.0404. The largest absolute Gasteiger partial charge is 0.338 e. The number of anilines is 1. The van der Waals surface area contributed by atoms with Crippen molar-refractivity contribution in [3.8, 4) is 0 Å². The van der Waals surface area contributed by atoms with E-state index in [0.29, 0.717) is 45.7 Å². The van der Waals surface area contributed by atoms with Crippen LogP contribution in [0.5, 0.6) is 0 Å². The molecule has 7 nitrogen and oxygen atoms in total. The summed E-state index contributed by atoms with van der Waals surface area (Å²) < 4.78 is 14.6. The van der Waals surface area contributed by atoms with Crippen molar-refractivity contribution >= 4 is 23.4 Å². The standard InChI is InChI=1S/C29H39FN4O3/c1-5-6-12-31-28(37)32-25-11-10-23(18-24(25)30)27(36)34-15-13-33(14-16-34)20-21-8-7-9-22(17-21)26(35)19-29(2,3)4/h7-11,17-18H,5-6,12-16,19-20H2,1-4H3,(H2,31,32,37). The SMILES string of the molecule is CCCCNC(=O)Nc1ccc(C(=O)N2CCN(Cc3cccc(C(=O)CC(C)(C)C)c3)CC2)cc1F. The number of ketones is 1. The lowest BCUT2D eigenvalue weighted by Gasteiger charge is -2.35. The second kappa shape index (κ2) is 12.8. The number of halogens is 1. The summed E-state index contributed by atoms with van der Waals surface area (Å²) in [6.07, 6.45) is 2.30. The van der Waals surface area contributed by atoms with Crippen LogP contribution in [0.2, 0.25) is 0 Å². The molecule has 1 fully saturated rings. The van der Waals surface area contributed by atoms with Crippen LogP contribution in [0.15, 0.2) is 42.5 Å². The lowest BCUT2D eigenvalue weighted by molar-refractivity contribution is 0.0627. The molecular weight excluding hydrogens is 471 g/mol. The number of nitrogens with one attached hydrogen (secondary N) is 2. The Morgan fingerprint density at radius 3 is 2.35 bits per heavy atom. The maximum Gasteiger partial charge on any atom is 0.319 e. The number of unbranched alkanes of at least 4 members (excludes halogenated alkanes) is 1. The van der Waals surface area contributed by atoms with E-state index in [1.54, 1.807) is 11.0 Å². The first-order valence-electron chi connectivity index (χ1n) is 13.0. The van der Waals surface area contributed by atoms with Gasteiger partial charge in [-0.3, -0.25) is 14.5 Å². The Labute approximate surface area is 219 Å². The van der Waals surface area contributed by atoms with Crippen LogP contribution in [0.1, 0.15) is 73.2 Å². The summed E-state index contributed by atoms with van der Waals surface area (Å²) in [4.78, 5) is 41.4. The summed E-state index contributed by atoms with van der Waals surface area (Å²) in [7, 11) is 0. The first kappa shape index (κ1) is 28.3. The third-order valence-corrected chi connectivity index (χ3v) is 6.29. The van der Waals surface area contributed by atoms with E-state index in [-0.39, 0.29) is 28.4 Å². The van der Waals surface area contributed by atoms with Crippen molar-refractivity contribution in [1.29, 1.82) is 0 Å². The quantitative estimate of drug-likeness (QED) is 0.353. The maximum atomic E-state index is 14.6. The van der Waals surface area contributed by atoms with Crippen LogP contribution in [0.4, 0.5) is 14.9 Å². The average molecular weight is 511 g/mol. The van der Waals surface area contributed by atoms with E-state index >= 15 is 0 Å². The van der Waals surface area contributed by atoms with Gasteiger partial charge in [0.2, 0.25) is 0 Å². The minimum atomic E-state index is -0.643. The van der Waals surface area contributed by atoms with Crippen molar-refractivity contribution in [3.63, 3.8) is 0 Å². The molecule has 3 amide bonds. The Balaban J connectivity index is 1.52. The van der Waals surface area contributed by atoms with Crippen LogP contribution in [0.3, 0.4) is 0 Å². The van der Waals surface area contributed by atoms with Crippen LogP contribution < -0.4 is 10.6 Å². The number of rotatable bonds is 9. The lowest BCUT2D eigenvalue weighted by Crippen LogP contribution is -2.48. The number of nitrogens with zero attached hydrogens (tertiary/aromatic N) is 2. The van der Waals surface area contributed by atoms with Gasteiger partial charge in [0.25, 0.3) is 5.91 Å². The molecule has 0 aliphatic carbocycles. The molecule has 0 spiro atoms. The van der Waals surface area contributed by atoms with Crippen LogP contribution in [-0.2, 0) is 6.54 Å². The average Bonchev–Trinajstić information content (AvgIpc) is 2.84. The van der Waals surface area contributed by atoms with E-state index in [2.05, 4.69) is 36.3 Å². The third kappa shape index (κ3) is 8.67. The van der Waals surface area contributed by atoms with Gasteiger partial charge in [0.05, 0.1) is 5.69 Å². The van der Waals surface area contributed by atoms with E-state index in [0.717, 1.165) is 24.0 Å². The fourth-order valence-electron chi connectivity index (χ4n) is 4.27. The number of carbonyl (C=O) groups excluding carboxylic acids is 3. The van der Waals surface area contributed by atoms with Crippen molar-refractivity contribution in [2.45, 2.75) is 53.5 Å². The summed E-state index contributed by atoms with van der Waals surface area (Å²) in [5.41, 5.74) is 2.05. The van der Waals surface area contributed by atoms with Crippen molar-refractivity contribution in [3.05, 3.63) is 65.0 Å². The van der Waals surface area contributed by atoms with Gasteiger partial charge in [0, 0.05) is 56.8 Å². The Bertz CT molecular complexity index is 1100. The molecule has 0 radical (unpaired) electrons. The molecule has 1 heterocycles. The molecule has 0 aromatic heterocycles. The molecular formula is C29H39FN4O3. The number of carbonyl (C=O) groups is 3. The zero-order valence-corrected chi connectivity index (χ0v) is 22.4. The molecule has 0 saturated carbocycles. The van der Waals surface area contributed by atoms with Crippen LogP contribution >= 0.6 is 0 Å². The molecule has 0 unspecified atom stereocenters. The molecule has 2 N–H and O–H groups in total. The van der Waals surface area contributed by atoms with Gasteiger partial charge in [-0.25, -0.2) is 9.18 Å². The number of piperazine rings is 1. The monoisotopic (exact) mass is 510 g/mol. The molecule has 1 aliphatic heterocycles. The van der Waals surface area contributed by atoms with Gasteiger partial charge in [-0.1, -0.05) is 52.3 Å². The van der Waals surface area contributed by atoms with Crippen LogP contribution in [0.25, 0.3) is 0 Å². The molecule has 1 aliphatic rings. The van der Waals surface area contributed by atoms with E-state index in [9.17, 15) is 18.8 Å². The zero-order chi connectivity index (χ0) is 27.0. The predicted octanol–water partition coefficient (Wildman–Crippen LogP) is 5.32. The maximum absolute atomic E-state index is 14.6. The topological polar surface area (TPSA) is 81.8 Å². The highest BCUT2D eigenvalue weighted by molar-refractivity contribution is 5.97. The summed E-state index contributed by atoms with van der Waals surface area (Å²) in [6.45, 7) is 11.9. The van der Waals surface area contributed by atoms with E-state index in [1.165, 1.54) is 12.1 Å². The molecule has 2 aromatic rings. The van der Waals surface area contributed by atoms with E-state index in [4.69, 9.17) is 0 Å². The van der Waals surface area contributed by atoms with Gasteiger partial charge in [-0.15, -0.1) is 0 Å². The minimum Gasteiger partial charge on any atom is -0.338 e. The Morgan fingerprint density at radius 1 is 0.973 bits per heavy atom.